The first kappa shape index (κ1) is 24.2. The number of methoxy groups -OCH3 is 1. The van der Waals surface area contributed by atoms with Gasteiger partial charge in [0.05, 0.1) is 19.0 Å². The first-order valence-corrected chi connectivity index (χ1v) is 9.99. The summed E-state index contributed by atoms with van der Waals surface area (Å²) in [4.78, 5) is 29.4. The molecular weight excluding hydrogens is 448 g/mol. The Morgan fingerprint density at radius 2 is 1.68 bits per heavy atom. The van der Waals surface area contributed by atoms with Crippen molar-refractivity contribution in [2.45, 2.75) is 6.61 Å². The molecule has 0 radical (unpaired) electrons. The van der Waals surface area contributed by atoms with E-state index in [2.05, 4.69) is 20.5 Å². The number of nitrogens with zero attached hydrogens (tertiary/aromatic N) is 1. The number of alkyl halides is 2. The fourth-order valence-corrected chi connectivity index (χ4v) is 2.77. The van der Waals surface area contributed by atoms with Crippen LogP contribution in [0.25, 0.3) is 0 Å². The number of para-hydroxylation sites is 2. The summed E-state index contributed by atoms with van der Waals surface area (Å²) < 4.78 is 33.7. The van der Waals surface area contributed by atoms with Gasteiger partial charge in [-0.25, -0.2) is 0 Å². The number of anilines is 2. The predicted octanol–water partition coefficient (Wildman–Crippen LogP) is 4.54. The Labute approximate surface area is 194 Å². The third kappa shape index (κ3) is 7.30. The highest BCUT2D eigenvalue weighted by atomic mass is 19.3. The van der Waals surface area contributed by atoms with Gasteiger partial charge in [-0.15, -0.1) is 0 Å². The number of nitrogens with one attached hydrogen (secondary N) is 2. The second-order valence-corrected chi connectivity index (χ2v) is 6.74. The Hall–Kier alpha value is -4.47. The van der Waals surface area contributed by atoms with E-state index in [9.17, 15) is 18.4 Å². The first-order chi connectivity index (χ1) is 16.4. The Balaban J connectivity index is 1.45. The Bertz CT molecular complexity index is 1140. The van der Waals surface area contributed by atoms with E-state index in [1.165, 1.54) is 37.6 Å². The maximum absolute atomic E-state index is 12.4. The number of benzene rings is 3. The van der Waals surface area contributed by atoms with Gasteiger partial charge in [0.2, 0.25) is 0 Å². The standard InChI is InChI=1S/C24H21F2N3O5/c1-32-21-5-3-2-4-20(21)29-23(31)17-8-10-18(11-9-17)28-22(30)15-33-27-14-16-6-12-19(13-7-16)34-24(25)26/h2-14,24H,15H2,1H3,(H,28,30)(H,29,31)/b27-14+. The summed E-state index contributed by atoms with van der Waals surface area (Å²) in [5.41, 5.74) is 1.99. The van der Waals surface area contributed by atoms with Crippen molar-refractivity contribution < 1.29 is 32.7 Å². The molecule has 0 aliphatic carbocycles. The number of carbonyl (C=O) groups is 2. The Morgan fingerprint density at radius 1 is 0.971 bits per heavy atom. The van der Waals surface area contributed by atoms with Gasteiger partial charge in [0.15, 0.2) is 6.61 Å². The third-order valence-corrected chi connectivity index (χ3v) is 4.36. The molecule has 10 heteroatoms. The van der Waals surface area contributed by atoms with Crippen LogP contribution in [-0.2, 0) is 9.63 Å². The van der Waals surface area contributed by atoms with Crippen molar-refractivity contribution in [1.82, 2.24) is 0 Å². The molecule has 0 heterocycles. The molecule has 34 heavy (non-hydrogen) atoms. The molecule has 0 atom stereocenters. The number of ether oxygens (including phenoxy) is 2. The zero-order chi connectivity index (χ0) is 24.3. The van der Waals surface area contributed by atoms with Gasteiger partial charge in [-0.2, -0.15) is 8.78 Å². The van der Waals surface area contributed by atoms with Crippen LogP contribution < -0.4 is 20.1 Å². The molecule has 0 saturated heterocycles. The molecule has 2 N–H and O–H groups in total. The molecule has 0 spiro atoms. The average molecular weight is 469 g/mol. The second kappa shape index (κ2) is 12.0. The van der Waals surface area contributed by atoms with Gasteiger partial charge in [0.25, 0.3) is 11.8 Å². The zero-order valence-corrected chi connectivity index (χ0v) is 18.0. The van der Waals surface area contributed by atoms with Gasteiger partial charge in [-0.1, -0.05) is 17.3 Å². The van der Waals surface area contributed by atoms with Gasteiger partial charge in [0.1, 0.15) is 11.5 Å². The minimum absolute atomic E-state index is 0.0238. The van der Waals surface area contributed by atoms with Crippen LogP contribution >= 0.6 is 0 Å². The maximum Gasteiger partial charge on any atom is 0.387 e. The SMILES string of the molecule is COc1ccccc1NC(=O)c1ccc(NC(=O)CO/N=C/c2ccc(OC(F)F)cc2)cc1. The van der Waals surface area contributed by atoms with Gasteiger partial charge in [0, 0.05) is 11.3 Å². The molecule has 3 aromatic carbocycles. The van der Waals surface area contributed by atoms with Crippen LogP contribution in [0.2, 0.25) is 0 Å². The maximum atomic E-state index is 12.4. The molecule has 3 rings (SSSR count). The van der Waals surface area contributed by atoms with E-state index in [4.69, 9.17) is 9.57 Å². The van der Waals surface area contributed by atoms with Crippen molar-refractivity contribution in [3.63, 3.8) is 0 Å². The molecule has 0 aromatic heterocycles. The normalized spacial score (nSPS) is 10.7. The molecule has 0 bridgehead atoms. The molecule has 8 nitrogen and oxygen atoms in total. The van der Waals surface area contributed by atoms with Crippen LogP contribution in [0.3, 0.4) is 0 Å². The zero-order valence-electron chi connectivity index (χ0n) is 18.0. The van der Waals surface area contributed by atoms with Crippen LogP contribution in [0.1, 0.15) is 15.9 Å². The molecule has 176 valence electrons. The number of amides is 2. The van der Waals surface area contributed by atoms with E-state index in [0.717, 1.165) is 0 Å². The molecule has 0 fully saturated rings. The van der Waals surface area contributed by atoms with Crippen molar-refractivity contribution in [3.8, 4) is 11.5 Å². The Morgan fingerprint density at radius 3 is 2.35 bits per heavy atom. The summed E-state index contributed by atoms with van der Waals surface area (Å²) >= 11 is 0. The van der Waals surface area contributed by atoms with E-state index in [1.54, 1.807) is 48.5 Å². The van der Waals surface area contributed by atoms with Gasteiger partial charge in [-0.05, 0) is 66.2 Å². The highest BCUT2D eigenvalue weighted by molar-refractivity contribution is 6.05. The molecule has 2 amide bonds. The number of rotatable bonds is 10. The van der Waals surface area contributed by atoms with E-state index in [0.29, 0.717) is 28.3 Å². The smallest absolute Gasteiger partial charge is 0.387 e. The summed E-state index contributed by atoms with van der Waals surface area (Å²) in [6, 6.07) is 19.1. The lowest BCUT2D eigenvalue weighted by Gasteiger charge is -2.10. The Kier molecular flexibility index (Phi) is 8.50. The van der Waals surface area contributed by atoms with Crippen LogP contribution in [0, 0.1) is 0 Å². The summed E-state index contributed by atoms with van der Waals surface area (Å²) in [7, 11) is 1.52. The number of halogens is 2. The fraction of sp³-hybridized carbons (Fsp3) is 0.125. The monoisotopic (exact) mass is 469 g/mol. The summed E-state index contributed by atoms with van der Waals surface area (Å²) in [5.74, 6) is -0.214. The van der Waals surface area contributed by atoms with Crippen LogP contribution in [0.5, 0.6) is 11.5 Å². The molecule has 0 aliphatic heterocycles. The van der Waals surface area contributed by atoms with Gasteiger partial charge in [-0.3, -0.25) is 9.59 Å². The van der Waals surface area contributed by atoms with E-state index in [-0.39, 0.29) is 18.3 Å². The van der Waals surface area contributed by atoms with E-state index in [1.807, 2.05) is 0 Å². The number of oxime groups is 1. The predicted molar refractivity (Wildman–Crippen MR) is 123 cm³/mol. The quantitative estimate of drug-likeness (QED) is 0.336. The fourth-order valence-electron chi connectivity index (χ4n) is 2.77. The minimum atomic E-state index is -2.90. The third-order valence-electron chi connectivity index (χ3n) is 4.36. The molecular formula is C24H21F2N3O5. The van der Waals surface area contributed by atoms with Gasteiger partial charge >= 0.3 is 6.61 Å². The largest absolute Gasteiger partial charge is 0.495 e. The van der Waals surface area contributed by atoms with Crippen LogP contribution in [0.4, 0.5) is 20.2 Å². The van der Waals surface area contributed by atoms with Gasteiger partial charge < -0.3 is 24.9 Å². The molecule has 0 saturated carbocycles. The topological polar surface area (TPSA) is 98.3 Å². The highest BCUT2D eigenvalue weighted by Gasteiger charge is 2.10. The average Bonchev–Trinajstić information content (AvgIpc) is 2.83. The van der Waals surface area contributed by atoms with Crippen molar-refractivity contribution in [3.05, 3.63) is 83.9 Å². The lowest BCUT2D eigenvalue weighted by Crippen LogP contribution is -2.17. The lowest BCUT2D eigenvalue weighted by molar-refractivity contribution is -0.120. The minimum Gasteiger partial charge on any atom is -0.495 e. The molecule has 0 unspecified atom stereocenters. The highest BCUT2D eigenvalue weighted by Crippen LogP contribution is 2.24. The van der Waals surface area contributed by atoms with Crippen LogP contribution in [0.15, 0.2) is 78.0 Å². The number of hydrogen-bond donors (Lipinski definition) is 2. The molecule has 0 aliphatic rings. The summed E-state index contributed by atoms with van der Waals surface area (Å²) in [6.45, 7) is -3.24. The first-order valence-electron chi connectivity index (χ1n) is 9.99. The summed E-state index contributed by atoms with van der Waals surface area (Å²) in [6.07, 6.45) is 1.33. The van der Waals surface area contributed by atoms with Crippen molar-refractivity contribution in [2.75, 3.05) is 24.4 Å². The lowest BCUT2D eigenvalue weighted by atomic mass is 10.2. The number of hydrogen-bond acceptors (Lipinski definition) is 6. The van der Waals surface area contributed by atoms with E-state index >= 15 is 0 Å². The number of carbonyl (C=O) groups excluding carboxylic acids is 2. The van der Waals surface area contributed by atoms with E-state index < -0.39 is 12.5 Å². The van der Waals surface area contributed by atoms with Crippen molar-refractivity contribution in [2.24, 2.45) is 5.16 Å². The van der Waals surface area contributed by atoms with Crippen molar-refractivity contribution >= 4 is 29.4 Å². The molecule has 3 aromatic rings. The van der Waals surface area contributed by atoms with Crippen LogP contribution in [-0.4, -0.2) is 38.4 Å². The summed E-state index contributed by atoms with van der Waals surface area (Å²) in [5, 5.41) is 9.06. The van der Waals surface area contributed by atoms with Crippen molar-refractivity contribution in [1.29, 1.82) is 0 Å². The second-order valence-electron chi connectivity index (χ2n) is 6.74.